The van der Waals surface area contributed by atoms with E-state index >= 15 is 0 Å². The second-order valence-electron chi connectivity index (χ2n) is 6.05. The average molecular weight is 435 g/mol. The van der Waals surface area contributed by atoms with Gasteiger partial charge in [-0.05, 0) is 79.3 Å². The topological polar surface area (TPSA) is 89.5 Å². The maximum Gasteiger partial charge on any atom is 0.202 e. The lowest BCUT2D eigenvalue weighted by atomic mass is 10.2. The Morgan fingerprint density at radius 1 is 0.967 bits per heavy atom. The molecule has 0 radical (unpaired) electrons. The first-order valence-electron chi connectivity index (χ1n) is 9.04. The Kier molecular flexibility index (Phi) is 5.93. The van der Waals surface area contributed by atoms with Crippen LogP contribution in [-0.4, -0.2) is 31.6 Å². The number of nitriles is 1. The number of hydrogen-bond donors (Lipinski definition) is 0. The highest BCUT2D eigenvalue weighted by atomic mass is 35.5. The van der Waals surface area contributed by atoms with Crippen molar-refractivity contribution in [3.63, 3.8) is 0 Å². The molecule has 2 aromatic heterocycles. The fourth-order valence-corrected chi connectivity index (χ4v) is 3.64. The molecule has 0 atom stereocenters. The highest BCUT2D eigenvalue weighted by molar-refractivity contribution is 7.99. The predicted octanol–water partition coefficient (Wildman–Crippen LogP) is 4.80. The van der Waals surface area contributed by atoms with Crippen LogP contribution in [0.15, 0.2) is 70.8 Å². The van der Waals surface area contributed by atoms with Crippen LogP contribution in [0.1, 0.15) is 12.6 Å². The molecule has 0 aliphatic carbocycles. The van der Waals surface area contributed by atoms with Gasteiger partial charge >= 0.3 is 0 Å². The highest BCUT2D eigenvalue weighted by Gasteiger charge is 2.18. The molecular formula is C21H15ClN6OS. The summed E-state index contributed by atoms with van der Waals surface area (Å²) in [6, 6.07) is 20.4. The minimum atomic E-state index is 0.259. The highest BCUT2D eigenvalue weighted by Crippen LogP contribution is 2.32. The monoisotopic (exact) mass is 434 g/mol. The van der Waals surface area contributed by atoms with Crippen molar-refractivity contribution in [3.8, 4) is 28.9 Å². The summed E-state index contributed by atoms with van der Waals surface area (Å²) < 4.78 is 7.48. The van der Waals surface area contributed by atoms with Gasteiger partial charge in [0.05, 0.1) is 12.3 Å². The third-order valence-electron chi connectivity index (χ3n) is 4.09. The molecule has 4 aromatic rings. The molecule has 0 aliphatic heterocycles. The molecule has 0 saturated carbocycles. The lowest BCUT2D eigenvalue weighted by Crippen LogP contribution is -2.00. The normalized spacial score (nSPS) is 10.6. The van der Waals surface area contributed by atoms with E-state index in [0.717, 1.165) is 17.0 Å². The number of halogens is 1. The zero-order valence-electron chi connectivity index (χ0n) is 15.9. The summed E-state index contributed by atoms with van der Waals surface area (Å²) in [7, 11) is 0. The smallest absolute Gasteiger partial charge is 0.202 e. The van der Waals surface area contributed by atoms with Gasteiger partial charge in [0.15, 0.2) is 11.5 Å². The molecule has 7 nitrogen and oxygen atoms in total. The van der Waals surface area contributed by atoms with Gasteiger partial charge in [-0.1, -0.05) is 11.6 Å². The quantitative estimate of drug-likeness (QED) is 0.430. The van der Waals surface area contributed by atoms with Crippen LogP contribution in [-0.2, 0) is 0 Å². The molecule has 9 heteroatoms. The van der Waals surface area contributed by atoms with Crippen LogP contribution in [0.4, 0.5) is 0 Å². The van der Waals surface area contributed by atoms with Crippen molar-refractivity contribution in [2.75, 3.05) is 6.61 Å². The van der Waals surface area contributed by atoms with Crippen molar-refractivity contribution in [1.82, 2.24) is 25.0 Å². The summed E-state index contributed by atoms with van der Waals surface area (Å²) in [5.41, 5.74) is 2.00. The van der Waals surface area contributed by atoms with E-state index in [9.17, 15) is 0 Å². The number of ether oxygens (including phenoxy) is 1. The maximum absolute atomic E-state index is 8.92. The molecule has 2 heterocycles. The van der Waals surface area contributed by atoms with Gasteiger partial charge in [-0.25, -0.2) is 0 Å². The largest absolute Gasteiger partial charge is 0.494 e. The lowest BCUT2D eigenvalue weighted by Gasteiger charge is -2.11. The zero-order chi connectivity index (χ0) is 20.9. The van der Waals surface area contributed by atoms with E-state index in [1.54, 1.807) is 12.1 Å². The SMILES string of the molecule is CCOc1ccc(-n2c(Sc3ccc(C#N)nn3)nnc2-c2ccc(Cl)cc2)cc1. The van der Waals surface area contributed by atoms with E-state index in [0.29, 0.717) is 27.6 Å². The lowest BCUT2D eigenvalue weighted by molar-refractivity contribution is 0.340. The first-order valence-corrected chi connectivity index (χ1v) is 10.2. The summed E-state index contributed by atoms with van der Waals surface area (Å²) in [6.45, 7) is 2.54. The van der Waals surface area contributed by atoms with Gasteiger partial charge in [0.25, 0.3) is 0 Å². The van der Waals surface area contributed by atoms with Crippen LogP contribution in [0.25, 0.3) is 17.1 Å². The molecule has 0 saturated heterocycles. The molecule has 0 amide bonds. The minimum absolute atomic E-state index is 0.259. The number of aromatic nitrogens is 5. The van der Waals surface area contributed by atoms with Crippen LogP contribution >= 0.6 is 23.4 Å². The van der Waals surface area contributed by atoms with Gasteiger partial charge in [0.2, 0.25) is 5.16 Å². The van der Waals surface area contributed by atoms with Gasteiger partial charge in [0.1, 0.15) is 16.8 Å². The first-order chi connectivity index (χ1) is 14.7. The third kappa shape index (κ3) is 4.27. The number of hydrogen-bond acceptors (Lipinski definition) is 7. The van der Waals surface area contributed by atoms with E-state index in [-0.39, 0.29) is 5.69 Å². The third-order valence-corrected chi connectivity index (χ3v) is 5.22. The van der Waals surface area contributed by atoms with Crippen molar-refractivity contribution >= 4 is 23.4 Å². The Balaban J connectivity index is 1.77. The molecule has 0 unspecified atom stereocenters. The maximum atomic E-state index is 8.92. The molecule has 148 valence electrons. The van der Waals surface area contributed by atoms with E-state index in [1.807, 2.05) is 66.1 Å². The summed E-state index contributed by atoms with van der Waals surface area (Å²) in [6.07, 6.45) is 0. The van der Waals surface area contributed by atoms with Crippen molar-refractivity contribution in [1.29, 1.82) is 5.26 Å². The molecular weight excluding hydrogens is 420 g/mol. The molecule has 2 aromatic carbocycles. The molecule has 0 aliphatic rings. The molecule has 0 N–H and O–H groups in total. The summed E-state index contributed by atoms with van der Waals surface area (Å²) in [5.74, 6) is 1.45. The first kappa shape index (κ1) is 19.9. The van der Waals surface area contributed by atoms with Crippen molar-refractivity contribution < 1.29 is 4.74 Å². The van der Waals surface area contributed by atoms with Gasteiger partial charge in [-0.3, -0.25) is 4.57 Å². The van der Waals surface area contributed by atoms with Crippen LogP contribution in [0.3, 0.4) is 0 Å². The number of rotatable bonds is 6. The van der Waals surface area contributed by atoms with Gasteiger partial charge < -0.3 is 4.74 Å². The second-order valence-corrected chi connectivity index (χ2v) is 7.47. The second kappa shape index (κ2) is 8.95. The molecule has 0 fully saturated rings. The van der Waals surface area contributed by atoms with Crippen LogP contribution in [0.2, 0.25) is 5.02 Å². The molecule has 0 bridgehead atoms. The van der Waals surface area contributed by atoms with E-state index in [4.69, 9.17) is 21.6 Å². The predicted molar refractivity (Wildman–Crippen MR) is 114 cm³/mol. The Morgan fingerprint density at radius 2 is 1.73 bits per heavy atom. The van der Waals surface area contributed by atoms with Crippen LogP contribution in [0, 0.1) is 11.3 Å². The van der Waals surface area contributed by atoms with E-state index in [1.165, 1.54) is 11.8 Å². The average Bonchev–Trinajstić information content (AvgIpc) is 3.19. The Bertz CT molecular complexity index is 1180. The Hall–Kier alpha value is -3.41. The minimum Gasteiger partial charge on any atom is -0.494 e. The number of benzene rings is 2. The summed E-state index contributed by atoms with van der Waals surface area (Å²) >= 11 is 7.35. The van der Waals surface area contributed by atoms with E-state index < -0.39 is 0 Å². The van der Waals surface area contributed by atoms with Crippen molar-refractivity contribution in [2.24, 2.45) is 0 Å². The molecule has 0 spiro atoms. The molecule has 4 rings (SSSR count). The van der Waals surface area contributed by atoms with E-state index in [2.05, 4.69) is 20.4 Å². The van der Waals surface area contributed by atoms with Crippen LogP contribution in [0.5, 0.6) is 5.75 Å². The molecule has 30 heavy (non-hydrogen) atoms. The summed E-state index contributed by atoms with van der Waals surface area (Å²) in [4.78, 5) is 0. The van der Waals surface area contributed by atoms with Crippen LogP contribution < -0.4 is 4.74 Å². The Morgan fingerprint density at radius 3 is 2.37 bits per heavy atom. The fourth-order valence-electron chi connectivity index (χ4n) is 2.74. The zero-order valence-corrected chi connectivity index (χ0v) is 17.4. The standard InChI is InChI=1S/C21H15ClN6OS/c1-2-29-18-10-8-17(9-11-18)28-20(14-3-5-15(22)6-4-14)26-27-21(28)30-19-12-7-16(13-23)24-25-19/h3-12H,2H2,1H3. The van der Waals surface area contributed by atoms with Crippen molar-refractivity contribution in [3.05, 3.63) is 71.4 Å². The number of nitrogens with zero attached hydrogens (tertiary/aromatic N) is 6. The summed E-state index contributed by atoms with van der Waals surface area (Å²) in [5, 5.41) is 27.5. The van der Waals surface area contributed by atoms with Gasteiger partial charge in [-0.15, -0.1) is 20.4 Å². The fraction of sp³-hybridized carbons (Fsp3) is 0.0952. The van der Waals surface area contributed by atoms with Gasteiger partial charge in [0, 0.05) is 10.6 Å². The Labute approximate surface area is 182 Å². The van der Waals surface area contributed by atoms with Gasteiger partial charge in [-0.2, -0.15) is 5.26 Å². The van der Waals surface area contributed by atoms with Crippen molar-refractivity contribution in [2.45, 2.75) is 17.1 Å².